The number of likely N-dealkylation sites (tertiary alicyclic amines) is 2. The van der Waals surface area contributed by atoms with Gasteiger partial charge in [-0.05, 0) is 6.42 Å². The summed E-state index contributed by atoms with van der Waals surface area (Å²) in [6.07, 6.45) is 1.86. The summed E-state index contributed by atoms with van der Waals surface area (Å²) < 4.78 is 0. The minimum atomic E-state index is -1.33. The van der Waals surface area contributed by atoms with E-state index < -0.39 is 71.7 Å². The first-order valence-corrected chi connectivity index (χ1v) is 14.3. The van der Waals surface area contributed by atoms with Crippen molar-refractivity contribution in [2.75, 3.05) is 26.2 Å². The number of amides is 10. The standard InChI is InChI=1S/C28H32N6O10/c1-2-14-31(23(39)12-15-29-19(35)3-4-20(29)36)32(24(40)13-16-30-21(37)5-6-22(30)38)17-11-18(33-25(41)7-8-26(33)42)34-27(43)9-10-28(34)44/h3-6,18H,2,7-17H2,1H3. The highest BCUT2D eigenvalue weighted by atomic mass is 16.2. The van der Waals surface area contributed by atoms with Crippen molar-refractivity contribution in [2.45, 2.75) is 64.5 Å². The van der Waals surface area contributed by atoms with Gasteiger partial charge in [0.1, 0.15) is 6.17 Å². The van der Waals surface area contributed by atoms with Gasteiger partial charge in [0.25, 0.3) is 23.6 Å². The van der Waals surface area contributed by atoms with Crippen LogP contribution in [0.15, 0.2) is 24.3 Å². The first-order chi connectivity index (χ1) is 20.9. The molecular weight excluding hydrogens is 580 g/mol. The molecule has 0 unspecified atom stereocenters. The van der Waals surface area contributed by atoms with Crippen molar-refractivity contribution in [3.63, 3.8) is 0 Å². The molecule has 4 rings (SSSR count). The molecule has 16 heteroatoms. The van der Waals surface area contributed by atoms with Crippen LogP contribution in [0.25, 0.3) is 0 Å². The Morgan fingerprint density at radius 1 is 0.614 bits per heavy atom. The number of hydrogen-bond donors (Lipinski definition) is 0. The summed E-state index contributed by atoms with van der Waals surface area (Å²) >= 11 is 0. The summed E-state index contributed by atoms with van der Waals surface area (Å²) in [7, 11) is 0. The Bertz CT molecular complexity index is 1280. The molecule has 0 atom stereocenters. The molecule has 0 aromatic carbocycles. The van der Waals surface area contributed by atoms with Gasteiger partial charge >= 0.3 is 0 Å². The van der Waals surface area contributed by atoms with Crippen LogP contribution in [-0.2, 0) is 47.9 Å². The Hall–Kier alpha value is -5.02. The molecule has 0 radical (unpaired) electrons. The average Bonchev–Trinajstić information content (AvgIpc) is 3.70. The van der Waals surface area contributed by atoms with Crippen molar-refractivity contribution in [1.29, 1.82) is 0 Å². The summed E-state index contributed by atoms with van der Waals surface area (Å²) in [6.45, 7) is 0.838. The molecule has 2 saturated heterocycles. The van der Waals surface area contributed by atoms with E-state index in [0.29, 0.717) is 6.42 Å². The molecule has 4 aliphatic heterocycles. The van der Waals surface area contributed by atoms with E-state index in [1.54, 1.807) is 6.92 Å². The first kappa shape index (κ1) is 31.9. The van der Waals surface area contributed by atoms with E-state index in [4.69, 9.17) is 0 Å². The Balaban J connectivity index is 1.58. The normalized spacial score (nSPS) is 18.4. The van der Waals surface area contributed by atoms with Crippen LogP contribution in [0.1, 0.15) is 58.3 Å². The van der Waals surface area contributed by atoms with Gasteiger partial charge in [0.15, 0.2) is 0 Å². The summed E-state index contributed by atoms with van der Waals surface area (Å²) in [5, 5.41) is 2.14. The Morgan fingerprint density at radius 2 is 0.955 bits per heavy atom. The molecule has 0 aliphatic carbocycles. The quantitative estimate of drug-likeness (QED) is 0.177. The third-order valence-electron chi connectivity index (χ3n) is 7.58. The number of carbonyl (C=O) groups is 10. The molecular formula is C28H32N6O10. The van der Waals surface area contributed by atoms with E-state index in [9.17, 15) is 47.9 Å². The molecule has 0 bridgehead atoms. The molecule has 16 nitrogen and oxygen atoms in total. The molecule has 2 fully saturated rings. The van der Waals surface area contributed by atoms with Crippen LogP contribution in [0, 0.1) is 0 Å². The van der Waals surface area contributed by atoms with Gasteiger partial charge in [-0.15, -0.1) is 0 Å². The van der Waals surface area contributed by atoms with Gasteiger partial charge in [-0.25, -0.2) is 0 Å². The molecule has 234 valence electrons. The number of hydrazine groups is 1. The van der Waals surface area contributed by atoms with Gasteiger partial charge in [-0.3, -0.25) is 77.6 Å². The maximum atomic E-state index is 13.6. The van der Waals surface area contributed by atoms with Crippen molar-refractivity contribution >= 4 is 59.1 Å². The molecule has 4 heterocycles. The first-order valence-electron chi connectivity index (χ1n) is 14.3. The fourth-order valence-corrected chi connectivity index (χ4v) is 5.41. The smallest absolute Gasteiger partial charge is 0.253 e. The lowest BCUT2D eigenvalue weighted by atomic mass is 10.2. The number of imide groups is 4. The second-order valence-corrected chi connectivity index (χ2v) is 10.4. The highest BCUT2D eigenvalue weighted by Gasteiger charge is 2.45. The topological polar surface area (TPSA) is 190 Å². The van der Waals surface area contributed by atoms with Crippen LogP contribution < -0.4 is 0 Å². The van der Waals surface area contributed by atoms with Gasteiger partial charge in [0.05, 0.1) is 0 Å². The zero-order valence-electron chi connectivity index (χ0n) is 24.1. The fourth-order valence-electron chi connectivity index (χ4n) is 5.41. The predicted octanol–water partition coefficient (Wildman–Crippen LogP) is -1.39. The maximum absolute atomic E-state index is 13.6. The summed E-state index contributed by atoms with van der Waals surface area (Å²) in [6, 6.07) is 0. The zero-order chi connectivity index (χ0) is 32.1. The minimum Gasteiger partial charge on any atom is -0.275 e. The van der Waals surface area contributed by atoms with Gasteiger partial charge < -0.3 is 0 Å². The van der Waals surface area contributed by atoms with E-state index in [-0.39, 0.29) is 64.7 Å². The molecule has 0 N–H and O–H groups in total. The third-order valence-corrected chi connectivity index (χ3v) is 7.58. The molecule has 44 heavy (non-hydrogen) atoms. The van der Waals surface area contributed by atoms with Crippen LogP contribution in [0.4, 0.5) is 0 Å². The highest BCUT2D eigenvalue weighted by Crippen LogP contribution is 2.26. The van der Waals surface area contributed by atoms with Crippen LogP contribution in [0.5, 0.6) is 0 Å². The zero-order valence-corrected chi connectivity index (χ0v) is 24.1. The van der Waals surface area contributed by atoms with Gasteiger partial charge in [0.2, 0.25) is 35.4 Å². The van der Waals surface area contributed by atoms with Crippen molar-refractivity contribution in [2.24, 2.45) is 0 Å². The maximum Gasteiger partial charge on any atom is 0.253 e. The molecule has 4 aliphatic rings. The minimum absolute atomic E-state index is 0.00165. The number of rotatable bonds is 13. The number of hydrogen-bond acceptors (Lipinski definition) is 10. The number of carbonyl (C=O) groups excluding carboxylic acids is 10. The van der Waals surface area contributed by atoms with E-state index in [1.807, 2.05) is 0 Å². The van der Waals surface area contributed by atoms with E-state index in [0.717, 1.165) is 53.9 Å². The lowest BCUT2D eigenvalue weighted by Crippen LogP contribution is -2.56. The lowest BCUT2D eigenvalue weighted by molar-refractivity contribution is -0.167. The Kier molecular flexibility index (Phi) is 9.80. The fraction of sp³-hybridized carbons (Fsp3) is 0.500. The predicted molar refractivity (Wildman–Crippen MR) is 145 cm³/mol. The summed E-state index contributed by atoms with van der Waals surface area (Å²) in [5.41, 5.74) is 0. The highest BCUT2D eigenvalue weighted by molar-refractivity contribution is 6.13. The molecule has 0 saturated carbocycles. The van der Waals surface area contributed by atoms with Gasteiger partial charge in [-0.1, -0.05) is 6.92 Å². The van der Waals surface area contributed by atoms with Crippen LogP contribution in [0.2, 0.25) is 0 Å². The second kappa shape index (κ2) is 13.5. The summed E-state index contributed by atoms with van der Waals surface area (Å²) in [5.74, 6) is -6.07. The average molecular weight is 613 g/mol. The van der Waals surface area contributed by atoms with Crippen molar-refractivity contribution in [1.82, 2.24) is 29.6 Å². The van der Waals surface area contributed by atoms with Crippen LogP contribution in [-0.4, -0.2) is 121 Å². The van der Waals surface area contributed by atoms with Crippen molar-refractivity contribution < 1.29 is 47.9 Å². The largest absolute Gasteiger partial charge is 0.275 e. The molecule has 0 spiro atoms. The van der Waals surface area contributed by atoms with E-state index in [2.05, 4.69) is 0 Å². The van der Waals surface area contributed by atoms with Crippen molar-refractivity contribution in [3.05, 3.63) is 24.3 Å². The van der Waals surface area contributed by atoms with E-state index in [1.165, 1.54) is 0 Å². The van der Waals surface area contributed by atoms with Crippen LogP contribution >= 0.6 is 0 Å². The van der Waals surface area contributed by atoms with Gasteiger partial charge in [0, 0.05) is 95.4 Å². The van der Waals surface area contributed by atoms with Crippen molar-refractivity contribution in [3.8, 4) is 0 Å². The molecule has 0 aromatic rings. The lowest BCUT2D eigenvalue weighted by Gasteiger charge is -2.38. The third kappa shape index (κ3) is 6.63. The van der Waals surface area contributed by atoms with Crippen LogP contribution in [0.3, 0.4) is 0 Å². The monoisotopic (exact) mass is 612 g/mol. The summed E-state index contributed by atoms with van der Waals surface area (Å²) in [4.78, 5) is 129. The Labute approximate surface area is 251 Å². The molecule has 10 amide bonds. The second-order valence-electron chi connectivity index (χ2n) is 10.4. The van der Waals surface area contributed by atoms with E-state index >= 15 is 0 Å². The number of nitrogens with zero attached hydrogens (tertiary/aromatic N) is 6. The Morgan fingerprint density at radius 3 is 1.30 bits per heavy atom. The van der Waals surface area contributed by atoms with Gasteiger partial charge in [-0.2, -0.15) is 0 Å². The SMILES string of the molecule is CCCN(C(=O)CCN1C(=O)C=CC1=O)N(CCC(N1C(=O)CCC1=O)N1C(=O)CCC1=O)C(=O)CCN1C(=O)C=CC1=O. The molecule has 0 aromatic heterocycles.